The zero-order valence-electron chi connectivity index (χ0n) is 8.60. The first-order chi connectivity index (χ1) is 7.29. The largest absolute Gasteiger partial charge is 0.272 e. The number of aromatic nitrogens is 1. The van der Waals surface area contributed by atoms with E-state index >= 15 is 0 Å². The molecule has 1 atom stereocenters. The summed E-state index contributed by atoms with van der Waals surface area (Å²) < 4.78 is 0. The Morgan fingerprint density at radius 3 is 3.00 bits per heavy atom. The van der Waals surface area contributed by atoms with Gasteiger partial charge in [-0.3, -0.25) is 9.98 Å². The van der Waals surface area contributed by atoms with Crippen LogP contribution in [0.4, 0.5) is 0 Å². The topological polar surface area (TPSA) is 25.2 Å². The highest BCUT2D eigenvalue weighted by Crippen LogP contribution is 2.28. The van der Waals surface area contributed by atoms with Gasteiger partial charge in [0.05, 0.1) is 5.38 Å². The van der Waals surface area contributed by atoms with E-state index in [1.54, 1.807) is 18.6 Å². The van der Waals surface area contributed by atoms with Crippen LogP contribution in [0, 0.1) is 0 Å². The monoisotopic (exact) mass is 220 g/mol. The number of allylic oxidation sites excluding steroid dienone is 3. The molecule has 1 aromatic heterocycles. The minimum absolute atomic E-state index is 0.236. The van der Waals surface area contributed by atoms with Crippen LogP contribution < -0.4 is 0 Å². The number of aliphatic imine (C=N–C) groups is 1. The molecular weight excluding hydrogens is 208 g/mol. The number of nitrogens with zero attached hydrogens (tertiary/aromatic N) is 2. The van der Waals surface area contributed by atoms with Crippen molar-refractivity contribution in [1.29, 1.82) is 0 Å². The Hall–Kier alpha value is -1.41. The van der Waals surface area contributed by atoms with Crippen LogP contribution in [0.3, 0.4) is 0 Å². The first-order valence-corrected chi connectivity index (χ1v) is 5.05. The summed E-state index contributed by atoms with van der Waals surface area (Å²) in [6.45, 7) is 5.36. The van der Waals surface area contributed by atoms with E-state index in [1.165, 1.54) is 0 Å². The number of pyridine rings is 1. The SMILES string of the molecule is C=N/C=C(\C=C/C)C(Cl)c1cccnc1. The van der Waals surface area contributed by atoms with E-state index in [0.717, 1.165) is 11.1 Å². The first-order valence-electron chi connectivity index (χ1n) is 4.62. The molecule has 0 radical (unpaired) electrons. The average molecular weight is 221 g/mol. The fraction of sp³-hybridized carbons (Fsp3) is 0.167. The molecule has 0 N–H and O–H groups in total. The molecule has 0 amide bonds. The van der Waals surface area contributed by atoms with E-state index in [-0.39, 0.29) is 5.38 Å². The zero-order valence-corrected chi connectivity index (χ0v) is 9.35. The molecule has 0 spiro atoms. The summed E-state index contributed by atoms with van der Waals surface area (Å²) >= 11 is 6.28. The Bertz CT molecular complexity index is 368. The van der Waals surface area contributed by atoms with E-state index in [2.05, 4.69) is 16.7 Å². The predicted molar refractivity (Wildman–Crippen MR) is 65.3 cm³/mol. The van der Waals surface area contributed by atoms with Gasteiger partial charge in [0.15, 0.2) is 0 Å². The van der Waals surface area contributed by atoms with Crippen LogP contribution in [-0.4, -0.2) is 11.7 Å². The van der Waals surface area contributed by atoms with Crippen LogP contribution in [-0.2, 0) is 0 Å². The molecule has 1 unspecified atom stereocenters. The lowest BCUT2D eigenvalue weighted by molar-refractivity contribution is 1.10. The molecule has 0 saturated carbocycles. The number of halogens is 1. The molecule has 0 aromatic carbocycles. The molecule has 1 heterocycles. The second-order valence-electron chi connectivity index (χ2n) is 2.96. The third-order valence-electron chi connectivity index (χ3n) is 1.87. The van der Waals surface area contributed by atoms with Crippen molar-refractivity contribution in [2.75, 3.05) is 0 Å². The molecule has 2 nitrogen and oxygen atoms in total. The molecule has 1 rings (SSSR count). The third kappa shape index (κ3) is 3.33. The van der Waals surface area contributed by atoms with E-state index in [9.17, 15) is 0 Å². The van der Waals surface area contributed by atoms with Gasteiger partial charge in [0.25, 0.3) is 0 Å². The van der Waals surface area contributed by atoms with Crippen molar-refractivity contribution in [3.8, 4) is 0 Å². The van der Waals surface area contributed by atoms with Crippen LogP contribution in [0.5, 0.6) is 0 Å². The van der Waals surface area contributed by atoms with Crippen LogP contribution >= 0.6 is 11.6 Å². The molecule has 78 valence electrons. The molecule has 1 aromatic rings. The van der Waals surface area contributed by atoms with Crippen molar-refractivity contribution in [2.24, 2.45) is 4.99 Å². The number of hydrogen-bond donors (Lipinski definition) is 0. The molecule has 0 aliphatic rings. The normalized spacial score (nSPS) is 14.1. The Morgan fingerprint density at radius 1 is 1.67 bits per heavy atom. The zero-order chi connectivity index (χ0) is 11.1. The fourth-order valence-corrected chi connectivity index (χ4v) is 1.47. The number of hydrogen-bond acceptors (Lipinski definition) is 2. The smallest absolute Gasteiger partial charge is 0.0864 e. The maximum absolute atomic E-state index is 6.28. The molecule has 0 aliphatic carbocycles. The van der Waals surface area contributed by atoms with Crippen molar-refractivity contribution in [1.82, 2.24) is 4.98 Å². The molecule has 0 saturated heterocycles. The van der Waals surface area contributed by atoms with Gasteiger partial charge in [-0.15, -0.1) is 11.6 Å². The Morgan fingerprint density at radius 2 is 2.47 bits per heavy atom. The van der Waals surface area contributed by atoms with Gasteiger partial charge in [0.2, 0.25) is 0 Å². The van der Waals surface area contributed by atoms with Gasteiger partial charge >= 0.3 is 0 Å². The van der Waals surface area contributed by atoms with Gasteiger partial charge in [0.1, 0.15) is 0 Å². The Labute approximate surface area is 95.0 Å². The summed E-state index contributed by atoms with van der Waals surface area (Å²) in [5, 5.41) is -0.236. The lowest BCUT2D eigenvalue weighted by Gasteiger charge is -2.09. The van der Waals surface area contributed by atoms with Gasteiger partial charge < -0.3 is 0 Å². The van der Waals surface area contributed by atoms with Crippen molar-refractivity contribution < 1.29 is 0 Å². The summed E-state index contributed by atoms with van der Waals surface area (Å²) in [5.74, 6) is 0. The second-order valence-corrected chi connectivity index (χ2v) is 3.40. The Balaban J connectivity index is 2.96. The quantitative estimate of drug-likeness (QED) is 0.433. The van der Waals surface area contributed by atoms with Crippen LogP contribution in [0.1, 0.15) is 17.9 Å². The van der Waals surface area contributed by atoms with E-state index < -0.39 is 0 Å². The van der Waals surface area contributed by atoms with Crippen molar-refractivity contribution >= 4 is 18.3 Å². The van der Waals surface area contributed by atoms with Crippen molar-refractivity contribution in [3.63, 3.8) is 0 Å². The van der Waals surface area contributed by atoms with Crippen molar-refractivity contribution in [2.45, 2.75) is 12.3 Å². The van der Waals surface area contributed by atoms with Gasteiger partial charge in [0, 0.05) is 18.6 Å². The minimum atomic E-state index is -0.236. The predicted octanol–water partition coefficient (Wildman–Crippen LogP) is 3.52. The van der Waals surface area contributed by atoms with E-state index in [4.69, 9.17) is 11.6 Å². The second kappa shape index (κ2) is 6.14. The van der Waals surface area contributed by atoms with Gasteiger partial charge in [-0.25, -0.2) is 0 Å². The van der Waals surface area contributed by atoms with Crippen LogP contribution in [0.25, 0.3) is 0 Å². The average Bonchev–Trinajstić information content (AvgIpc) is 2.29. The highest BCUT2D eigenvalue weighted by Gasteiger charge is 2.10. The van der Waals surface area contributed by atoms with Gasteiger partial charge in [-0.05, 0) is 30.8 Å². The maximum Gasteiger partial charge on any atom is 0.0864 e. The first kappa shape index (κ1) is 11.7. The minimum Gasteiger partial charge on any atom is -0.272 e. The number of rotatable bonds is 4. The van der Waals surface area contributed by atoms with E-state index in [0.29, 0.717) is 0 Å². The third-order valence-corrected chi connectivity index (χ3v) is 2.37. The van der Waals surface area contributed by atoms with Crippen LogP contribution in [0.15, 0.2) is 53.4 Å². The molecular formula is C12H13ClN2. The maximum atomic E-state index is 6.28. The highest BCUT2D eigenvalue weighted by atomic mass is 35.5. The summed E-state index contributed by atoms with van der Waals surface area (Å²) in [6.07, 6.45) is 8.96. The fourth-order valence-electron chi connectivity index (χ4n) is 1.21. The summed E-state index contributed by atoms with van der Waals surface area (Å²) in [7, 11) is 0. The molecule has 0 fully saturated rings. The molecule has 0 aliphatic heterocycles. The summed E-state index contributed by atoms with van der Waals surface area (Å²) in [4.78, 5) is 7.76. The van der Waals surface area contributed by atoms with Gasteiger partial charge in [-0.2, -0.15) is 0 Å². The Kier molecular flexibility index (Phi) is 4.78. The molecule has 0 bridgehead atoms. The summed E-state index contributed by atoms with van der Waals surface area (Å²) in [5.41, 5.74) is 1.86. The highest BCUT2D eigenvalue weighted by molar-refractivity contribution is 6.22. The lowest BCUT2D eigenvalue weighted by Crippen LogP contribution is -1.93. The summed E-state index contributed by atoms with van der Waals surface area (Å²) in [6, 6.07) is 3.80. The molecule has 3 heteroatoms. The van der Waals surface area contributed by atoms with Crippen LogP contribution in [0.2, 0.25) is 0 Å². The van der Waals surface area contributed by atoms with Gasteiger partial charge in [-0.1, -0.05) is 18.2 Å². The molecule has 15 heavy (non-hydrogen) atoms. The number of alkyl halides is 1. The standard InChI is InChI=1S/C12H13ClN2/c1-3-5-10(8-14-2)12(13)11-6-4-7-15-9-11/h3-9,12H,2H2,1H3/b5-3-,10-8+. The lowest BCUT2D eigenvalue weighted by atomic mass is 10.1. The van der Waals surface area contributed by atoms with Crippen molar-refractivity contribution in [3.05, 3.63) is 54.0 Å². The van der Waals surface area contributed by atoms with E-state index in [1.807, 2.05) is 31.2 Å².